The maximum Gasteiger partial charge on any atom is 0.275 e. The van der Waals surface area contributed by atoms with Gasteiger partial charge in [-0.15, -0.1) is 0 Å². The third kappa shape index (κ3) is 7.95. The lowest BCUT2D eigenvalue weighted by atomic mass is 10.2. The van der Waals surface area contributed by atoms with Crippen LogP contribution >= 0.6 is 0 Å². The molecule has 1 aromatic heterocycles. The number of amides is 1. The standard InChI is InChI=1S/C20H24F2N6O5S/c21-15-5-1-6-16(22)14(15)12-34(32,33)27-17-7-3-9-28(19(17)31)10-18(30)26-13(11-29)4-2-8-25-20(23)24/h1,3,5-7,9,11,13,27H,2,4,8,10,12H2,(H,26,30)(H4,23,24,25)/t13-/m0/s1. The second-order valence-corrected chi connectivity index (χ2v) is 8.90. The molecule has 1 aromatic carbocycles. The summed E-state index contributed by atoms with van der Waals surface area (Å²) < 4.78 is 55.2. The number of aliphatic imine (C=N–C) groups is 1. The molecule has 0 unspecified atom stereocenters. The normalized spacial score (nSPS) is 11.9. The van der Waals surface area contributed by atoms with Crippen molar-refractivity contribution in [1.82, 2.24) is 9.88 Å². The van der Waals surface area contributed by atoms with Gasteiger partial charge in [-0.1, -0.05) is 6.07 Å². The Morgan fingerprint density at radius 3 is 2.47 bits per heavy atom. The number of pyridine rings is 1. The zero-order valence-electron chi connectivity index (χ0n) is 17.9. The Kier molecular flexibility index (Phi) is 9.24. The number of anilines is 1. The summed E-state index contributed by atoms with van der Waals surface area (Å²) in [5.41, 5.74) is 8.44. The number of sulfonamides is 1. The van der Waals surface area contributed by atoms with Gasteiger partial charge in [0, 0.05) is 18.3 Å². The summed E-state index contributed by atoms with van der Waals surface area (Å²) in [6, 6.07) is 4.53. The highest BCUT2D eigenvalue weighted by Gasteiger charge is 2.20. The quantitative estimate of drug-likeness (QED) is 0.135. The molecule has 184 valence electrons. The van der Waals surface area contributed by atoms with Crippen LogP contribution < -0.4 is 27.1 Å². The first-order valence-corrected chi connectivity index (χ1v) is 11.6. The second-order valence-electron chi connectivity index (χ2n) is 7.18. The minimum Gasteiger partial charge on any atom is -0.370 e. The third-order valence-corrected chi connectivity index (χ3v) is 5.67. The van der Waals surface area contributed by atoms with E-state index in [0.717, 1.165) is 28.8 Å². The lowest BCUT2D eigenvalue weighted by molar-refractivity contribution is -0.124. The molecule has 14 heteroatoms. The Balaban J connectivity index is 2.06. The van der Waals surface area contributed by atoms with Crippen molar-refractivity contribution < 1.29 is 26.8 Å². The van der Waals surface area contributed by atoms with Gasteiger partial charge in [0.1, 0.15) is 35.9 Å². The molecule has 1 atom stereocenters. The number of rotatable bonds is 12. The van der Waals surface area contributed by atoms with Crippen molar-refractivity contribution in [2.45, 2.75) is 31.2 Å². The van der Waals surface area contributed by atoms with Crippen LogP contribution in [0.1, 0.15) is 18.4 Å². The molecule has 11 nitrogen and oxygen atoms in total. The smallest absolute Gasteiger partial charge is 0.275 e. The summed E-state index contributed by atoms with van der Waals surface area (Å²) in [4.78, 5) is 39.8. The van der Waals surface area contributed by atoms with E-state index in [4.69, 9.17) is 11.5 Å². The van der Waals surface area contributed by atoms with Crippen molar-refractivity contribution in [3.8, 4) is 0 Å². The van der Waals surface area contributed by atoms with Gasteiger partial charge in [0.2, 0.25) is 15.9 Å². The molecule has 1 heterocycles. The molecule has 0 spiro atoms. The molecule has 0 saturated heterocycles. The summed E-state index contributed by atoms with van der Waals surface area (Å²) in [6.45, 7) is -0.241. The van der Waals surface area contributed by atoms with Gasteiger partial charge in [0.05, 0.1) is 6.04 Å². The highest BCUT2D eigenvalue weighted by molar-refractivity contribution is 7.91. The molecule has 0 aliphatic heterocycles. The van der Waals surface area contributed by atoms with E-state index in [0.29, 0.717) is 12.7 Å². The van der Waals surface area contributed by atoms with Crippen LogP contribution in [0.4, 0.5) is 14.5 Å². The highest BCUT2D eigenvalue weighted by Crippen LogP contribution is 2.16. The highest BCUT2D eigenvalue weighted by atomic mass is 32.2. The number of hydrogen-bond donors (Lipinski definition) is 4. The largest absolute Gasteiger partial charge is 0.370 e. The molecule has 0 aliphatic carbocycles. The van der Waals surface area contributed by atoms with Crippen LogP contribution in [0.3, 0.4) is 0 Å². The van der Waals surface area contributed by atoms with E-state index >= 15 is 0 Å². The van der Waals surface area contributed by atoms with Crippen molar-refractivity contribution in [1.29, 1.82) is 0 Å². The van der Waals surface area contributed by atoms with E-state index in [2.05, 4.69) is 10.3 Å². The van der Waals surface area contributed by atoms with Crippen LogP contribution in [-0.2, 0) is 31.9 Å². The van der Waals surface area contributed by atoms with Gasteiger partial charge in [-0.05, 0) is 37.1 Å². The molecule has 0 radical (unpaired) electrons. The zero-order valence-corrected chi connectivity index (χ0v) is 18.7. The third-order valence-electron chi connectivity index (χ3n) is 4.47. The van der Waals surface area contributed by atoms with Crippen molar-refractivity contribution in [2.24, 2.45) is 16.5 Å². The summed E-state index contributed by atoms with van der Waals surface area (Å²) in [5.74, 6) is -3.90. The molecular formula is C20H24F2N6O5S. The first-order valence-electron chi connectivity index (χ1n) is 9.95. The SMILES string of the molecule is NC(N)=NCCC[C@@H](C=O)NC(=O)Cn1cccc(NS(=O)(=O)Cc2c(F)cccc2F)c1=O. The van der Waals surface area contributed by atoms with E-state index < -0.39 is 62.7 Å². The lowest BCUT2D eigenvalue weighted by Crippen LogP contribution is -2.40. The first kappa shape index (κ1) is 26.4. The van der Waals surface area contributed by atoms with Crippen LogP contribution in [0.15, 0.2) is 46.3 Å². The average Bonchev–Trinajstić information content (AvgIpc) is 2.75. The number of hydrogen-bond acceptors (Lipinski definition) is 6. The number of aldehydes is 1. The molecule has 2 aromatic rings. The second kappa shape index (κ2) is 11.9. The van der Waals surface area contributed by atoms with Crippen LogP contribution in [0.5, 0.6) is 0 Å². The molecule has 0 aliphatic rings. The monoisotopic (exact) mass is 498 g/mol. The van der Waals surface area contributed by atoms with Crippen LogP contribution in [0, 0.1) is 11.6 Å². The molecule has 2 rings (SSSR count). The van der Waals surface area contributed by atoms with Crippen LogP contribution in [0.2, 0.25) is 0 Å². The fourth-order valence-electron chi connectivity index (χ4n) is 2.90. The Labute approximate surface area is 193 Å². The molecule has 1 amide bonds. The Morgan fingerprint density at radius 2 is 1.85 bits per heavy atom. The van der Waals surface area contributed by atoms with Gasteiger partial charge in [-0.2, -0.15) is 0 Å². The van der Waals surface area contributed by atoms with E-state index in [1.165, 1.54) is 12.3 Å². The molecule has 0 bridgehead atoms. The number of nitrogens with zero attached hydrogens (tertiary/aromatic N) is 2. The molecule has 0 fully saturated rings. The number of nitrogens with one attached hydrogen (secondary N) is 2. The van der Waals surface area contributed by atoms with E-state index in [9.17, 15) is 31.6 Å². The minimum atomic E-state index is -4.36. The fourth-order valence-corrected chi connectivity index (χ4v) is 4.12. The van der Waals surface area contributed by atoms with Crippen molar-refractivity contribution in [3.05, 3.63) is 64.1 Å². The topological polar surface area (TPSA) is 179 Å². The summed E-state index contributed by atoms with van der Waals surface area (Å²) in [7, 11) is -4.36. The number of benzene rings is 1. The van der Waals surface area contributed by atoms with E-state index in [-0.39, 0.29) is 18.9 Å². The number of guanidine groups is 1. The van der Waals surface area contributed by atoms with Gasteiger partial charge in [-0.25, -0.2) is 17.2 Å². The van der Waals surface area contributed by atoms with Gasteiger partial charge in [0.15, 0.2) is 5.96 Å². The van der Waals surface area contributed by atoms with Gasteiger partial charge < -0.3 is 26.1 Å². The number of nitrogens with two attached hydrogens (primary N) is 2. The average molecular weight is 499 g/mol. The van der Waals surface area contributed by atoms with E-state index in [1.807, 2.05) is 4.72 Å². The molecule has 0 saturated carbocycles. The summed E-state index contributed by atoms with van der Waals surface area (Å²) >= 11 is 0. The Morgan fingerprint density at radius 1 is 1.18 bits per heavy atom. The number of carbonyl (C=O) groups excluding carboxylic acids is 2. The molecular weight excluding hydrogens is 474 g/mol. The van der Waals surface area contributed by atoms with Crippen molar-refractivity contribution in [2.75, 3.05) is 11.3 Å². The molecule has 6 N–H and O–H groups in total. The predicted octanol–water partition coefficient (Wildman–Crippen LogP) is -0.194. The molecule has 34 heavy (non-hydrogen) atoms. The van der Waals surface area contributed by atoms with Gasteiger partial charge in [0.25, 0.3) is 5.56 Å². The maximum absolute atomic E-state index is 13.8. The summed E-state index contributed by atoms with van der Waals surface area (Å²) in [6.07, 6.45) is 2.45. The van der Waals surface area contributed by atoms with Crippen LogP contribution in [0.25, 0.3) is 0 Å². The lowest BCUT2D eigenvalue weighted by Gasteiger charge is -2.14. The Hall–Kier alpha value is -3.81. The Bertz CT molecular complexity index is 1210. The number of aromatic nitrogens is 1. The zero-order chi connectivity index (χ0) is 25.3. The van der Waals surface area contributed by atoms with Crippen molar-refractivity contribution >= 4 is 33.9 Å². The van der Waals surface area contributed by atoms with Gasteiger partial charge in [-0.3, -0.25) is 19.3 Å². The number of halogens is 2. The number of carbonyl (C=O) groups is 2. The maximum atomic E-state index is 13.8. The minimum absolute atomic E-state index is 0.0967. The van der Waals surface area contributed by atoms with Gasteiger partial charge >= 0.3 is 0 Å². The summed E-state index contributed by atoms with van der Waals surface area (Å²) in [5, 5.41) is 2.44. The van der Waals surface area contributed by atoms with E-state index in [1.54, 1.807) is 0 Å². The van der Waals surface area contributed by atoms with Crippen LogP contribution in [-0.4, -0.2) is 43.7 Å². The fraction of sp³-hybridized carbons (Fsp3) is 0.300. The van der Waals surface area contributed by atoms with Crippen molar-refractivity contribution in [3.63, 3.8) is 0 Å². The first-order chi connectivity index (χ1) is 16.0. The predicted molar refractivity (Wildman–Crippen MR) is 121 cm³/mol.